The summed E-state index contributed by atoms with van der Waals surface area (Å²) in [6, 6.07) is 8.66. The van der Waals surface area contributed by atoms with Gasteiger partial charge in [0.25, 0.3) is 5.91 Å². The lowest BCUT2D eigenvalue weighted by Crippen LogP contribution is -2.15. The summed E-state index contributed by atoms with van der Waals surface area (Å²) in [5.41, 5.74) is 3.40. The molecule has 0 radical (unpaired) electrons. The molecule has 1 heterocycles. The zero-order chi connectivity index (χ0) is 14.7. The minimum atomic E-state index is -0.246. The molecule has 0 unspecified atom stereocenters. The molecule has 1 aromatic carbocycles. The first kappa shape index (κ1) is 14.5. The fourth-order valence-corrected chi connectivity index (χ4v) is 2.05. The minimum Gasteiger partial charge on any atom is -0.392 e. The average Bonchev–Trinajstić information content (AvgIpc) is 2.41. The van der Waals surface area contributed by atoms with Gasteiger partial charge in [-0.25, -0.2) is 4.98 Å². The molecule has 2 N–H and O–H groups in total. The number of aliphatic hydroxyl groups excluding tert-OH is 1. The molecule has 5 heteroatoms. The van der Waals surface area contributed by atoms with Crippen molar-refractivity contribution < 1.29 is 9.90 Å². The number of anilines is 1. The SMILES string of the molecule is Cc1ccc(CO)cc1NC(=O)c1ccc(Cl)nc1C. The van der Waals surface area contributed by atoms with Crippen LogP contribution in [-0.2, 0) is 6.61 Å². The number of nitrogens with zero attached hydrogens (tertiary/aromatic N) is 1. The molecule has 2 aromatic rings. The predicted octanol–water partition coefficient (Wildman–Crippen LogP) is 3.10. The molecular weight excluding hydrogens is 276 g/mol. The van der Waals surface area contributed by atoms with E-state index >= 15 is 0 Å². The van der Waals surface area contributed by atoms with Gasteiger partial charge < -0.3 is 10.4 Å². The van der Waals surface area contributed by atoms with E-state index in [4.69, 9.17) is 16.7 Å². The van der Waals surface area contributed by atoms with E-state index in [1.807, 2.05) is 19.1 Å². The molecule has 0 aliphatic carbocycles. The molecule has 0 saturated carbocycles. The van der Waals surface area contributed by atoms with Crippen LogP contribution in [0, 0.1) is 13.8 Å². The van der Waals surface area contributed by atoms with Gasteiger partial charge in [0.05, 0.1) is 17.9 Å². The number of carbonyl (C=O) groups excluding carboxylic acids is 1. The summed E-state index contributed by atoms with van der Waals surface area (Å²) >= 11 is 5.78. The standard InChI is InChI=1S/C15H15ClN2O2/c1-9-3-4-11(8-19)7-13(9)18-15(20)12-5-6-14(16)17-10(12)2/h3-7,19H,8H2,1-2H3,(H,18,20). The zero-order valence-corrected chi connectivity index (χ0v) is 12.0. The first-order valence-corrected chi connectivity index (χ1v) is 6.54. The van der Waals surface area contributed by atoms with Crippen LogP contribution in [0.5, 0.6) is 0 Å². The van der Waals surface area contributed by atoms with Gasteiger partial charge in [-0.1, -0.05) is 23.7 Å². The van der Waals surface area contributed by atoms with Gasteiger partial charge in [-0.15, -0.1) is 0 Å². The van der Waals surface area contributed by atoms with Crippen molar-refractivity contribution in [1.29, 1.82) is 0 Å². The maximum Gasteiger partial charge on any atom is 0.257 e. The number of amides is 1. The van der Waals surface area contributed by atoms with E-state index in [1.54, 1.807) is 25.1 Å². The molecule has 0 aliphatic heterocycles. The molecule has 20 heavy (non-hydrogen) atoms. The van der Waals surface area contributed by atoms with Crippen LogP contribution in [0.2, 0.25) is 5.15 Å². The third kappa shape index (κ3) is 3.15. The van der Waals surface area contributed by atoms with E-state index in [-0.39, 0.29) is 12.5 Å². The van der Waals surface area contributed by atoms with Crippen LogP contribution in [-0.4, -0.2) is 16.0 Å². The van der Waals surface area contributed by atoms with Crippen molar-refractivity contribution in [3.63, 3.8) is 0 Å². The predicted molar refractivity (Wildman–Crippen MR) is 79.0 cm³/mol. The minimum absolute atomic E-state index is 0.0648. The molecular formula is C15H15ClN2O2. The lowest BCUT2D eigenvalue weighted by molar-refractivity contribution is 0.102. The molecule has 0 fully saturated rings. The van der Waals surface area contributed by atoms with Crippen molar-refractivity contribution in [1.82, 2.24) is 4.98 Å². The number of carbonyl (C=O) groups is 1. The van der Waals surface area contributed by atoms with E-state index in [1.165, 1.54) is 0 Å². The molecule has 104 valence electrons. The van der Waals surface area contributed by atoms with Crippen molar-refractivity contribution in [2.75, 3.05) is 5.32 Å². The van der Waals surface area contributed by atoms with Gasteiger partial charge in [-0.2, -0.15) is 0 Å². The van der Waals surface area contributed by atoms with Crippen LogP contribution < -0.4 is 5.32 Å². The van der Waals surface area contributed by atoms with Crippen molar-refractivity contribution in [2.24, 2.45) is 0 Å². The smallest absolute Gasteiger partial charge is 0.257 e. The van der Waals surface area contributed by atoms with Crippen LogP contribution >= 0.6 is 11.6 Å². The number of pyridine rings is 1. The van der Waals surface area contributed by atoms with Gasteiger partial charge in [0.1, 0.15) is 5.15 Å². The van der Waals surface area contributed by atoms with Crippen molar-refractivity contribution in [3.8, 4) is 0 Å². The van der Waals surface area contributed by atoms with Crippen LogP contribution in [0.15, 0.2) is 30.3 Å². The summed E-state index contributed by atoms with van der Waals surface area (Å²) < 4.78 is 0. The fraction of sp³-hybridized carbons (Fsp3) is 0.200. The second-order valence-electron chi connectivity index (χ2n) is 4.53. The lowest BCUT2D eigenvalue weighted by Gasteiger charge is -2.11. The Morgan fingerprint density at radius 3 is 2.70 bits per heavy atom. The van der Waals surface area contributed by atoms with Gasteiger partial charge in [0, 0.05) is 5.69 Å². The van der Waals surface area contributed by atoms with E-state index in [0.29, 0.717) is 22.1 Å². The first-order chi connectivity index (χ1) is 9.51. The molecule has 0 spiro atoms. The fourth-order valence-electron chi connectivity index (χ4n) is 1.86. The van der Waals surface area contributed by atoms with Crippen LogP contribution in [0.3, 0.4) is 0 Å². The summed E-state index contributed by atoms with van der Waals surface area (Å²) in [6.07, 6.45) is 0. The summed E-state index contributed by atoms with van der Waals surface area (Å²) in [7, 11) is 0. The summed E-state index contributed by atoms with van der Waals surface area (Å²) in [4.78, 5) is 16.3. The molecule has 0 saturated heterocycles. The summed E-state index contributed by atoms with van der Waals surface area (Å²) in [5.74, 6) is -0.246. The largest absolute Gasteiger partial charge is 0.392 e. The monoisotopic (exact) mass is 290 g/mol. The number of benzene rings is 1. The van der Waals surface area contributed by atoms with Crippen molar-refractivity contribution in [3.05, 3.63) is 57.9 Å². The number of aromatic nitrogens is 1. The van der Waals surface area contributed by atoms with E-state index in [2.05, 4.69) is 10.3 Å². The number of hydrogen-bond donors (Lipinski definition) is 2. The Balaban J connectivity index is 2.27. The van der Waals surface area contributed by atoms with Gasteiger partial charge in [0.15, 0.2) is 0 Å². The second kappa shape index (κ2) is 6.03. The van der Waals surface area contributed by atoms with Crippen LogP contribution in [0.4, 0.5) is 5.69 Å². The van der Waals surface area contributed by atoms with Gasteiger partial charge >= 0.3 is 0 Å². The second-order valence-corrected chi connectivity index (χ2v) is 4.92. The van der Waals surface area contributed by atoms with Gasteiger partial charge in [-0.05, 0) is 43.2 Å². The number of aliphatic hydroxyl groups is 1. The first-order valence-electron chi connectivity index (χ1n) is 6.16. The van der Waals surface area contributed by atoms with Crippen LogP contribution in [0.1, 0.15) is 27.2 Å². The summed E-state index contributed by atoms with van der Waals surface area (Å²) in [5, 5.41) is 12.3. The van der Waals surface area contributed by atoms with E-state index in [9.17, 15) is 4.79 Å². The number of rotatable bonds is 3. The van der Waals surface area contributed by atoms with Gasteiger partial charge in [-0.3, -0.25) is 4.79 Å². The van der Waals surface area contributed by atoms with Crippen LogP contribution in [0.25, 0.3) is 0 Å². The van der Waals surface area contributed by atoms with Gasteiger partial charge in [0.2, 0.25) is 0 Å². The Labute approximate surface area is 122 Å². The average molecular weight is 291 g/mol. The molecule has 0 atom stereocenters. The Morgan fingerprint density at radius 1 is 1.30 bits per heavy atom. The van der Waals surface area contributed by atoms with E-state index in [0.717, 1.165) is 11.1 Å². The molecule has 2 rings (SSSR count). The number of aryl methyl sites for hydroxylation is 2. The maximum absolute atomic E-state index is 12.2. The highest BCUT2D eigenvalue weighted by molar-refractivity contribution is 6.29. The molecule has 0 aliphatic rings. The highest BCUT2D eigenvalue weighted by Crippen LogP contribution is 2.19. The Morgan fingerprint density at radius 2 is 2.05 bits per heavy atom. The highest BCUT2D eigenvalue weighted by atomic mass is 35.5. The maximum atomic E-state index is 12.2. The quantitative estimate of drug-likeness (QED) is 0.854. The Kier molecular flexibility index (Phi) is 4.37. The highest BCUT2D eigenvalue weighted by Gasteiger charge is 2.12. The van der Waals surface area contributed by atoms with E-state index < -0.39 is 0 Å². The van der Waals surface area contributed by atoms with Crippen molar-refractivity contribution >= 4 is 23.2 Å². The molecule has 1 aromatic heterocycles. The van der Waals surface area contributed by atoms with Crippen molar-refractivity contribution in [2.45, 2.75) is 20.5 Å². The molecule has 0 bridgehead atoms. The Bertz CT molecular complexity index is 656. The summed E-state index contributed by atoms with van der Waals surface area (Å²) in [6.45, 7) is 3.56. The number of halogens is 1. The Hall–Kier alpha value is -1.91. The number of hydrogen-bond acceptors (Lipinski definition) is 3. The lowest BCUT2D eigenvalue weighted by atomic mass is 10.1. The normalized spacial score (nSPS) is 10.4. The molecule has 1 amide bonds. The molecule has 4 nitrogen and oxygen atoms in total. The topological polar surface area (TPSA) is 62.2 Å². The third-order valence-electron chi connectivity index (χ3n) is 3.03. The number of nitrogens with one attached hydrogen (secondary N) is 1. The third-order valence-corrected chi connectivity index (χ3v) is 3.24. The zero-order valence-electron chi connectivity index (χ0n) is 11.3.